The van der Waals surface area contributed by atoms with Crippen molar-refractivity contribution in [3.05, 3.63) is 29.8 Å². The lowest BCUT2D eigenvalue weighted by atomic mass is 10.2. The second-order valence-electron chi connectivity index (χ2n) is 4.13. The number of hydrogen-bond donors (Lipinski definition) is 2. The molecule has 0 saturated heterocycles. The molecule has 2 N–H and O–H groups in total. The number of rotatable bonds is 9. The third kappa shape index (κ3) is 5.52. The molecule has 1 aromatic carbocycles. The van der Waals surface area contributed by atoms with E-state index in [9.17, 15) is 8.42 Å². The molecule has 0 bridgehead atoms. The molecular weight excluding hydrogens is 280 g/mol. The van der Waals surface area contributed by atoms with Gasteiger partial charge in [-0.1, -0.05) is 25.1 Å². The van der Waals surface area contributed by atoms with Crippen molar-refractivity contribution in [2.45, 2.75) is 24.8 Å². The summed E-state index contributed by atoms with van der Waals surface area (Å²) in [6.07, 6.45) is 2.86. The van der Waals surface area contributed by atoms with Gasteiger partial charge in [0.1, 0.15) is 0 Å². The lowest BCUT2D eigenvalue weighted by Gasteiger charge is -2.11. The molecule has 0 aliphatic carbocycles. The quantitative estimate of drug-likeness (QED) is 0.683. The molecular formula is C13H22N2O2S2. The van der Waals surface area contributed by atoms with Crippen molar-refractivity contribution >= 4 is 21.8 Å². The fourth-order valence-electron chi connectivity index (χ4n) is 1.67. The minimum atomic E-state index is -3.40. The third-order valence-electron chi connectivity index (χ3n) is 2.64. The molecule has 0 unspecified atom stereocenters. The van der Waals surface area contributed by atoms with Gasteiger partial charge in [0.05, 0.1) is 4.90 Å². The van der Waals surface area contributed by atoms with Gasteiger partial charge in [-0.2, -0.15) is 11.8 Å². The van der Waals surface area contributed by atoms with Crippen LogP contribution in [0.25, 0.3) is 0 Å². The van der Waals surface area contributed by atoms with Crippen LogP contribution in [-0.2, 0) is 16.6 Å². The number of thioether (sulfide) groups is 1. The Bertz CT molecular complexity index is 475. The summed E-state index contributed by atoms with van der Waals surface area (Å²) >= 11 is 1.72. The average molecular weight is 302 g/mol. The molecule has 4 nitrogen and oxygen atoms in total. The number of hydrogen-bond acceptors (Lipinski definition) is 4. The molecule has 1 rings (SSSR count). The van der Waals surface area contributed by atoms with E-state index in [4.69, 9.17) is 0 Å². The Labute approximate surface area is 120 Å². The van der Waals surface area contributed by atoms with Gasteiger partial charge in [-0.3, -0.25) is 0 Å². The normalized spacial score (nSPS) is 11.7. The Hall–Kier alpha value is -0.560. The van der Waals surface area contributed by atoms with Gasteiger partial charge in [-0.15, -0.1) is 0 Å². The maximum atomic E-state index is 12.2. The van der Waals surface area contributed by atoms with Crippen molar-refractivity contribution < 1.29 is 8.42 Å². The van der Waals surface area contributed by atoms with Crippen molar-refractivity contribution in [2.24, 2.45) is 0 Å². The van der Waals surface area contributed by atoms with Crippen LogP contribution in [-0.4, -0.2) is 33.5 Å². The molecule has 0 aromatic heterocycles. The topological polar surface area (TPSA) is 58.2 Å². The summed E-state index contributed by atoms with van der Waals surface area (Å²) in [5.41, 5.74) is 0.807. The minimum Gasteiger partial charge on any atom is -0.313 e. The smallest absolute Gasteiger partial charge is 0.240 e. The molecule has 108 valence electrons. The van der Waals surface area contributed by atoms with Gasteiger partial charge in [-0.25, -0.2) is 13.1 Å². The van der Waals surface area contributed by atoms with Crippen LogP contribution in [0.4, 0.5) is 0 Å². The number of nitrogens with one attached hydrogen (secondary N) is 2. The Morgan fingerprint density at radius 1 is 1.26 bits per heavy atom. The maximum absolute atomic E-state index is 12.2. The summed E-state index contributed by atoms with van der Waals surface area (Å²) in [6.45, 7) is 3.87. The van der Waals surface area contributed by atoms with Gasteiger partial charge in [0.25, 0.3) is 0 Å². The van der Waals surface area contributed by atoms with Crippen molar-refractivity contribution in [3.63, 3.8) is 0 Å². The summed E-state index contributed by atoms with van der Waals surface area (Å²) in [5, 5.41) is 3.16. The van der Waals surface area contributed by atoms with Crippen LogP contribution in [0, 0.1) is 0 Å². The number of benzene rings is 1. The SMILES string of the molecule is CCNCc1ccccc1S(=O)(=O)NCCCSC. The monoisotopic (exact) mass is 302 g/mol. The lowest BCUT2D eigenvalue weighted by Crippen LogP contribution is -2.27. The molecule has 0 heterocycles. The van der Waals surface area contributed by atoms with Crippen LogP contribution in [0.5, 0.6) is 0 Å². The standard InChI is InChI=1S/C13H22N2O2S2/c1-3-14-11-12-7-4-5-8-13(12)19(16,17)15-9-6-10-18-2/h4-5,7-8,14-15H,3,6,9-11H2,1-2H3. The fourth-order valence-corrected chi connectivity index (χ4v) is 3.42. The molecule has 1 aromatic rings. The Balaban J connectivity index is 2.76. The van der Waals surface area contributed by atoms with Gasteiger partial charge >= 0.3 is 0 Å². The first-order valence-corrected chi connectivity index (χ1v) is 9.26. The zero-order valence-corrected chi connectivity index (χ0v) is 13.1. The highest BCUT2D eigenvalue weighted by molar-refractivity contribution is 7.98. The van der Waals surface area contributed by atoms with E-state index < -0.39 is 10.0 Å². The van der Waals surface area contributed by atoms with Crippen LogP contribution >= 0.6 is 11.8 Å². The van der Waals surface area contributed by atoms with Crippen molar-refractivity contribution in [1.29, 1.82) is 0 Å². The van der Waals surface area contributed by atoms with Crippen molar-refractivity contribution in [2.75, 3.05) is 25.1 Å². The van der Waals surface area contributed by atoms with E-state index in [-0.39, 0.29) is 0 Å². The molecule has 0 aliphatic rings. The Morgan fingerprint density at radius 3 is 2.68 bits per heavy atom. The van der Waals surface area contributed by atoms with Gasteiger partial charge in [-0.05, 0) is 36.6 Å². The molecule has 19 heavy (non-hydrogen) atoms. The zero-order valence-electron chi connectivity index (χ0n) is 11.5. The van der Waals surface area contributed by atoms with E-state index in [2.05, 4.69) is 10.0 Å². The molecule has 0 amide bonds. The summed E-state index contributed by atoms with van der Waals surface area (Å²) < 4.78 is 27.1. The van der Waals surface area contributed by atoms with Crippen LogP contribution in [0.15, 0.2) is 29.2 Å². The summed E-state index contributed by atoms with van der Waals surface area (Å²) in [4.78, 5) is 0.375. The van der Waals surface area contributed by atoms with Crippen LogP contribution in [0.3, 0.4) is 0 Å². The summed E-state index contributed by atoms with van der Waals surface area (Å²) in [7, 11) is -3.40. The molecule has 0 radical (unpaired) electrons. The predicted molar refractivity (Wildman–Crippen MR) is 82.0 cm³/mol. The molecule has 6 heteroatoms. The van der Waals surface area contributed by atoms with E-state index in [0.717, 1.165) is 24.3 Å². The van der Waals surface area contributed by atoms with Crippen molar-refractivity contribution in [1.82, 2.24) is 10.0 Å². The first-order chi connectivity index (χ1) is 9.11. The first-order valence-electron chi connectivity index (χ1n) is 6.39. The second-order valence-corrected chi connectivity index (χ2v) is 6.85. The summed E-state index contributed by atoms with van der Waals surface area (Å²) in [5.74, 6) is 0.960. The highest BCUT2D eigenvalue weighted by Crippen LogP contribution is 2.15. The van der Waals surface area contributed by atoms with E-state index in [0.29, 0.717) is 18.0 Å². The van der Waals surface area contributed by atoms with Gasteiger partial charge < -0.3 is 5.32 Å². The van der Waals surface area contributed by atoms with Crippen LogP contribution in [0.1, 0.15) is 18.9 Å². The minimum absolute atomic E-state index is 0.375. The lowest BCUT2D eigenvalue weighted by molar-refractivity contribution is 0.578. The maximum Gasteiger partial charge on any atom is 0.240 e. The molecule has 0 fully saturated rings. The van der Waals surface area contributed by atoms with E-state index in [1.54, 1.807) is 23.9 Å². The van der Waals surface area contributed by atoms with E-state index >= 15 is 0 Å². The highest BCUT2D eigenvalue weighted by atomic mass is 32.2. The second kappa shape index (κ2) is 8.58. The Morgan fingerprint density at radius 2 is 2.00 bits per heavy atom. The van der Waals surface area contributed by atoms with Gasteiger partial charge in [0, 0.05) is 13.1 Å². The predicted octanol–water partition coefficient (Wildman–Crippen LogP) is 1.83. The van der Waals surface area contributed by atoms with Crippen molar-refractivity contribution in [3.8, 4) is 0 Å². The van der Waals surface area contributed by atoms with Crippen LogP contribution in [0.2, 0.25) is 0 Å². The molecule has 0 spiro atoms. The van der Waals surface area contributed by atoms with E-state index in [1.807, 2.05) is 25.3 Å². The Kier molecular flexibility index (Phi) is 7.45. The molecule has 0 aliphatic heterocycles. The summed E-state index contributed by atoms with van der Waals surface area (Å²) in [6, 6.07) is 7.12. The largest absolute Gasteiger partial charge is 0.313 e. The molecule has 0 saturated carbocycles. The number of sulfonamides is 1. The highest BCUT2D eigenvalue weighted by Gasteiger charge is 2.16. The molecule has 0 atom stereocenters. The first kappa shape index (κ1) is 16.5. The zero-order chi connectivity index (χ0) is 14.1. The van der Waals surface area contributed by atoms with E-state index in [1.165, 1.54) is 0 Å². The third-order valence-corrected chi connectivity index (χ3v) is 4.90. The van der Waals surface area contributed by atoms with Gasteiger partial charge in [0.15, 0.2) is 0 Å². The van der Waals surface area contributed by atoms with Crippen LogP contribution < -0.4 is 10.0 Å². The average Bonchev–Trinajstić information content (AvgIpc) is 2.41. The van der Waals surface area contributed by atoms with Gasteiger partial charge in [0.2, 0.25) is 10.0 Å². The fraction of sp³-hybridized carbons (Fsp3) is 0.538.